The number of carbonyl (C=O) groups excluding carboxylic acids is 2. The number of anilines is 1. The van der Waals surface area contributed by atoms with Gasteiger partial charge in [-0.2, -0.15) is 0 Å². The standard InChI is InChI=1S/C21H24FN3O3/c1-28-19-4-2-3-18(14-19)23-20(26)15-24-9-11-25(12-10-24)21(27)13-16-5-7-17(22)8-6-16/h2-8,14H,9-13,15H2,1H3,(H,23,26). The van der Waals surface area contributed by atoms with Crippen LogP contribution in [-0.2, 0) is 16.0 Å². The number of hydrogen-bond donors (Lipinski definition) is 1. The van der Waals surface area contributed by atoms with Crippen LogP contribution in [0.4, 0.5) is 10.1 Å². The molecule has 6 nitrogen and oxygen atoms in total. The van der Waals surface area contributed by atoms with Gasteiger partial charge in [-0.1, -0.05) is 18.2 Å². The molecule has 0 spiro atoms. The van der Waals surface area contributed by atoms with Gasteiger partial charge in [0, 0.05) is 37.9 Å². The Labute approximate surface area is 163 Å². The van der Waals surface area contributed by atoms with E-state index in [1.54, 1.807) is 30.2 Å². The number of piperazine rings is 1. The van der Waals surface area contributed by atoms with Crippen molar-refractivity contribution in [2.75, 3.05) is 45.2 Å². The van der Waals surface area contributed by atoms with Gasteiger partial charge in [0.05, 0.1) is 20.1 Å². The topological polar surface area (TPSA) is 61.9 Å². The molecular formula is C21H24FN3O3. The van der Waals surface area contributed by atoms with E-state index in [2.05, 4.69) is 5.32 Å². The molecule has 1 heterocycles. The lowest BCUT2D eigenvalue weighted by Crippen LogP contribution is -2.50. The highest BCUT2D eigenvalue weighted by Crippen LogP contribution is 2.16. The maximum atomic E-state index is 13.0. The minimum absolute atomic E-state index is 0.0205. The summed E-state index contributed by atoms with van der Waals surface area (Å²) in [6, 6.07) is 13.2. The molecule has 1 aliphatic heterocycles. The highest BCUT2D eigenvalue weighted by molar-refractivity contribution is 5.92. The Kier molecular flexibility index (Phi) is 6.60. The van der Waals surface area contributed by atoms with Gasteiger partial charge < -0.3 is 15.0 Å². The molecule has 0 radical (unpaired) electrons. The molecular weight excluding hydrogens is 361 g/mol. The monoisotopic (exact) mass is 385 g/mol. The van der Waals surface area contributed by atoms with E-state index in [4.69, 9.17) is 4.74 Å². The highest BCUT2D eigenvalue weighted by atomic mass is 19.1. The Morgan fingerprint density at radius 3 is 2.46 bits per heavy atom. The van der Waals surface area contributed by atoms with Gasteiger partial charge in [-0.3, -0.25) is 14.5 Å². The van der Waals surface area contributed by atoms with Gasteiger partial charge in [0.15, 0.2) is 0 Å². The van der Waals surface area contributed by atoms with Crippen LogP contribution in [0.5, 0.6) is 5.75 Å². The van der Waals surface area contributed by atoms with Crippen LogP contribution >= 0.6 is 0 Å². The fourth-order valence-electron chi connectivity index (χ4n) is 3.15. The third-order valence-corrected chi connectivity index (χ3v) is 4.71. The molecule has 7 heteroatoms. The first-order valence-electron chi connectivity index (χ1n) is 9.22. The van der Waals surface area contributed by atoms with Crippen LogP contribution in [0.3, 0.4) is 0 Å². The summed E-state index contributed by atoms with van der Waals surface area (Å²) >= 11 is 0. The Bertz CT molecular complexity index is 818. The van der Waals surface area contributed by atoms with Crippen LogP contribution in [0.2, 0.25) is 0 Å². The zero-order valence-electron chi connectivity index (χ0n) is 15.9. The molecule has 0 aromatic heterocycles. The van der Waals surface area contributed by atoms with Crippen LogP contribution in [-0.4, -0.2) is 61.4 Å². The number of halogens is 1. The second-order valence-corrected chi connectivity index (χ2v) is 6.74. The fourth-order valence-corrected chi connectivity index (χ4v) is 3.15. The average Bonchev–Trinajstić information content (AvgIpc) is 2.70. The molecule has 1 fully saturated rings. The van der Waals surface area contributed by atoms with Crippen molar-refractivity contribution in [1.82, 2.24) is 9.80 Å². The lowest BCUT2D eigenvalue weighted by atomic mass is 10.1. The van der Waals surface area contributed by atoms with Crippen LogP contribution in [0, 0.1) is 5.82 Å². The summed E-state index contributed by atoms with van der Waals surface area (Å²) in [4.78, 5) is 28.5. The Morgan fingerprint density at radius 2 is 1.79 bits per heavy atom. The number of methoxy groups -OCH3 is 1. The number of carbonyl (C=O) groups is 2. The molecule has 2 amide bonds. The number of nitrogens with zero attached hydrogens (tertiary/aromatic N) is 2. The van der Waals surface area contributed by atoms with Crippen LogP contribution in [0.25, 0.3) is 0 Å². The van der Waals surface area contributed by atoms with Crippen molar-refractivity contribution in [3.05, 3.63) is 59.9 Å². The third kappa shape index (κ3) is 5.53. The van der Waals surface area contributed by atoms with Gasteiger partial charge in [0.1, 0.15) is 11.6 Å². The molecule has 2 aromatic rings. The number of ether oxygens (including phenoxy) is 1. The molecule has 28 heavy (non-hydrogen) atoms. The number of nitrogens with one attached hydrogen (secondary N) is 1. The molecule has 148 valence electrons. The van der Waals surface area contributed by atoms with Gasteiger partial charge >= 0.3 is 0 Å². The van der Waals surface area contributed by atoms with Crippen LogP contribution in [0.15, 0.2) is 48.5 Å². The molecule has 0 saturated carbocycles. The number of amides is 2. The van der Waals surface area contributed by atoms with E-state index < -0.39 is 0 Å². The van der Waals surface area contributed by atoms with Gasteiger partial charge in [0.2, 0.25) is 11.8 Å². The zero-order valence-corrected chi connectivity index (χ0v) is 15.9. The predicted molar refractivity (Wildman–Crippen MR) is 105 cm³/mol. The first kappa shape index (κ1) is 19.8. The summed E-state index contributed by atoms with van der Waals surface area (Å²) < 4.78 is 18.1. The van der Waals surface area contributed by atoms with Crippen molar-refractivity contribution < 1.29 is 18.7 Å². The van der Waals surface area contributed by atoms with Crippen molar-refractivity contribution in [1.29, 1.82) is 0 Å². The molecule has 0 aliphatic carbocycles. The summed E-state index contributed by atoms with van der Waals surface area (Å²) in [6.45, 7) is 2.71. The Hall–Kier alpha value is -2.93. The molecule has 0 bridgehead atoms. The number of hydrogen-bond acceptors (Lipinski definition) is 4. The summed E-state index contributed by atoms with van der Waals surface area (Å²) in [5, 5.41) is 2.86. The largest absolute Gasteiger partial charge is 0.497 e. The van der Waals surface area contributed by atoms with Crippen molar-refractivity contribution in [3.8, 4) is 5.75 Å². The number of rotatable bonds is 6. The molecule has 0 unspecified atom stereocenters. The van der Waals surface area contributed by atoms with Gasteiger partial charge in [-0.25, -0.2) is 4.39 Å². The molecule has 3 rings (SSSR count). The first-order chi connectivity index (χ1) is 13.5. The average molecular weight is 385 g/mol. The first-order valence-corrected chi connectivity index (χ1v) is 9.22. The van der Waals surface area contributed by atoms with E-state index in [0.29, 0.717) is 37.6 Å². The third-order valence-electron chi connectivity index (χ3n) is 4.71. The van der Waals surface area contributed by atoms with Gasteiger partial charge in [0.25, 0.3) is 0 Å². The molecule has 0 atom stereocenters. The quantitative estimate of drug-likeness (QED) is 0.828. The number of benzene rings is 2. The van der Waals surface area contributed by atoms with E-state index in [1.165, 1.54) is 12.1 Å². The second kappa shape index (κ2) is 9.32. The van der Waals surface area contributed by atoms with Gasteiger partial charge in [-0.15, -0.1) is 0 Å². The minimum Gasteiger partial charge on any atom is -0.497 e. The Morgan fingerprint density at radius 1 is 1.07 bits per heavy atom. The summed E-state index contributed by atoms with van der Waals surface area (Å²) in [5.41, 5.74) is 1.49. The van der Waals surface area contributed by atoms with E-state index in [1.807, 2.05) is 23.1 Å². The van der Waals surface area contributed by atoms with Crippen LogP contribution in [0.1, 0.15) is 5.56 Å². The SMILES string of the molecule is COc1cccc(NC(=O)CN2CCN(C(=O)Cc3ccc(F)cc3)CC2)c1. The van der Waals surface area contributed by atoms with E-state index in [9.17, 15) is 14.0 Å². The van der Waals surface area contributed by atoms with Crippen LogP contribution < -0.4 is 10.1 Å². The second-order valence-electron chi connectivity index (χ2n) is 6.74. The lowest BCUT2D eigenvalue weighted by molar-refractivity contribution is -0.132. The summed E-state index contributed by atoms with van der Waals surface area (Å²) in [5.74, 6) is 0.301. The van der Waals surface area contributed by atoms with E-state index >= 15 is 0 Å². The molecule has 1 saturated heterocycles. The van der Waals surface area contributed by atoms with E-state index in [0.717, 1.165) is 5.56 Å². The van der Waals surface area contributed by atoms with E-state index in [-0.39, 0.29) is 30.6 Å². The summed E-state index contributed by atoms with van der Waals surface area (Å²) in [6.07, 6.45) is 0.261. The van der Waals surface area contributed by atoms with Crippen molar-refractivity contribution in [2.24, 2.45) is 0 Å². The maximum absolute atomic E-state index is 13.0. The lowest BCUT2D eigenvalue weighted by Gasteiger charge is -2.34. The summed E-state index contributed by atoms with van der Waals surface area (Å²) in [7, 11) is 1.58. The molecule has 1 aliphatic rings. The van der Waals surface area contributed by atoms with Crippen molar-refractivity contribution in [3.63, 3.8) is 0 Å². The molecule has 2 aromatic carbocycles. The van der Waals surface area contributed by atoms with Crippen molar-refractivity contribution >= 4 is 17.5 Å². The smallest absolute Gasteiger partial charge is 0.238 e. The van der Waals surface area contributed by atoms with Crippen molar-refractivity contribution in [2.45, 2.75) is 6.42 Å². The minimum atomic E-state index is -0.308. The normalized spacial score (nSPS) is 14.6. The predicted octanol–water partition coefficient (Wildman–Crippen LogP) is 2.16. The van der Waals surface area contributed by atoms with Gasteiger partial charge in [-0.05, 0) is 29.8 Å². The Balaban J connectivity index is 1.43. The molecule has 1 N–H and O–H groups in total. The zero-order chi connectivity index (χ0) is 19.9. The fraction of sp³-hybridized carbons (Fsp3) is 0.333. The highest BCUT2D eigenvalue weighted by Gasteiger charge is 2.22. The maximum Gasteiger partial charge on any atom is 0.238 e.